The van der Waals surface area contributed by atoms with E-state index in [0.717, 1.165) is 24.8 Å². The number of aromatic nitrogens is 3. The van der Waals surface area contributed by atoms with Crippen LogP contribution in [0.15, 0.2) is 30.6 Å². The molecule has 1 heterocycles. The van der Waals surface area contributed by atoms with Gasteiger partial charge in [0.2, 0.25) is 0 Å². The van der Waals surface area contributed by atoms with Crippen molar-refractivity contribution in [2.24, 2.45) is 0 Å². The molecule has 1 fully saturated rings. The Bertz CT molecular complexity index is 623. The lowest BCUT2D eigenvalue weighted by atomic mass is 10.2. The normalized spacial score (nSPS) is 22.1. The lowest BCUT2D eigenvalue weighted by molar-refractivity contribution is -0.384. The fourth-order valence-corrected chi connectivity index (χ4v) is 2.53. The molecule has 1 aliphatic rings. The molecule has 2 atom stereocenters. The third kappa shape index (κ3) is 2.27. The van der Waals surface area contributed by atoms with E-state index in [2.05, 4.69) is 10.1 Å². The molecular weight excluding hydrogens is 260 g/mol. The number of non-ortho nitro benzene ring substituents is 1. The summed E-state index contributed by atoms with van der Waals surface area (Å²) >= 11 is 0. The van der Waals surface area contributed by atoms with Crippen LogP contribution in [0, 0.1) is 10.1 Å². The molecule has 0 aliphatic heterocycles. The monoisotopic (exact) mass is 274 g/mol. The second kappa shape index (κ2) is 5.01. The van der Waals surface area contributed by atoms with Crippen molar-refractivity contribution >= 4 is 5.69 Å². The maximum Gasteiger partial charge on any atom is 0.269 e. The van der Waals surface area contributed by atoms with E-state index in [9.17, 15) is 15.2 Å². The number of hydrogen-bond acceptors (Lipinski definition) is 5. The number of nitro benzene ring substituents is 1. The van der Waals surface area contributed by atoms with Gasteiger partial charge in [-0.2, -0.15) is 5.10 Å². The largest absolute Gasteiger partial charge is 0.391 e. The number of rotatable bonds is 3. The summed E-state index contributed by atoms with van der Waals surface area (Å²) in [6.07, 6.45) is 3.90. The first-order chi connectivity index (χ1) is 9.65. The van der Waals surface area contributed by atoms with Gasteiger partial charge in [0, 0.05) is 17.7 Å². The summed E-state index contributed by atoms with van der Waals surface area (Å²) in [5.41, 5.74) is 0.765. The Morgan fingerprint density at radius 3 is 2.65 bits per heavy atom. The van der Waals surface area contributed by atoms with Gasteiger partial charge in [-0.15, -0.1) is 0 Å². The lowest BCUT2D eigenvalue weighted by Crippen LogP contribution is -2.18. The summed E-state index contributed by atoms with van der Waals surface area (Å²) in [5.74, 6) is 0.513. The topological polar surface area (TPSA) is 94.1 Å². The molecule has 1 N–H and O–H groups in total. The first kappa shape index (κ1) is 12.7. The highest BCUT2D eigenvalue weighted by molar-refractivity contribution is 5.56. The van der Waals surface area contributed by atoms with E-state index in [0.29, 0.717) is 5.82 Å². The average Bonchev–Trinajstić information content (AvgIpc) is 3.07. The maximum atomic E-state index is 10.6. The van der Waals surface area contributed by atoms with Crippen molar-refractivity contribution in [3.63, 3.8) is 0 Å². The van der Waals surface area contributed by atoms with E-state index < -0.39 is 4.92 Å². The Morgan fingerprint density at radius 2 is 2.05 bits per heavy atom. The van der Waals surface area contributed by atoms with Crippen LogP contribution in [0.2, 0.25) is 0 Å². The molecule has 1 aliphatic carbocycles. The van der Waals surface area contributed by atoms with Crippen molar-refractivity contribution in [2.45, 2.75) is 31.4 Å². The van der Waals surface area contributed by atoms with Crippen molar-refractivity contribution in [3.05, 3.63) is 40.7 Å². The highest BCUT2D eigenvalue weighted by atomic mass is 16.6. The molecule has 1 aromatic heterocycles. The molecule has 2 aromatic rings. The zero-order chi connectivity index (χ0) is 14.1. The first-order valence-electron chi connectivity index (χ1n) is 6.49. The summed E-state index contributed by atoms with van der Waals surface area (Å²) in [6.45, 7) is 0. The van der Waals surface area contributed by atoms with E-state index in [1.807, 2.05) is 0 Å². The van der Waals surface area contributed by atoms with Gasteiger partial charge in [0.1, 0.15) is 6.33 Å². The number of benzene rings is 1. The van der Waals surface area contributed by atoms with Crippen molar-refractivity contribution < 1.29 is 10.0 Å². The third-order valence-corrected chi connectivity index (χ3v) is 3.63. The molecule has 104 valence electrons. The Kier molecular flexibility index (Phi) is 3.19. The predicted molar refractivity (Wildman–Crippen MR) is 71.0 cm³/mol. The van der Waals surface area contributed by atoms with Gasteiger partial charge in [-0.1, -0.05) is 0 Å². The van der Waals surface area contributed by atoms with Gasteiger partial charge in [-0.25, -0.2) is 9.67 Å². The number of nitrogens with zero attached hydrogens (tertiary/aromatic N) is 4. The van der Waals surface area contributed by atoms with Gasteiger partial charge >= 0.3 is 0 Å². The highest BCUT2D eigenvalue weighted by Crippen LogP contribution is 2.30. The van der Waals surface area contributed by atoms with Crippen molar-refractivity contribution in [1.29, 1.82) is 0 Å². The van der Waals surface area contributed by atoms with Gasteiger partial charge < -0.3 is 5.11 Å². The Labute approximate surface area is 115 Å². The Balaban J connectivity index is 1.84. The predicted octanol–water partition coefficient (Wildman–Crippen LogP) is 1.94. The molecule has 0 radical (unpaired) electrons. The maximum absolute atomic E-state index is 10.6. The average molecular weight is 274 g/mol. The number of aliphatic hydroxyl groups excluding tert-OH is 1. The van der Waals surface area contributed by atoms with Gasteiger partial charge in [0.05, 0.1) is 17.1 Å². The van der Waals surface area contributed by atoms with Crippen LogP contribution in [0.1, 0.15) is 25.3 Å². The number of aliphatic hydroxyl groups is 1. The molecule has 20 heavy (non-hydrogen) atoms. The molecule has 7 nitrogen and oxygen atoms in total. The van der Waals surface area contributed by atoms with Crippen LogP contribution in [-0.4, -0.2) is 30.9 Å². The molecule has 0 spiro atoms. The molecule has 0 amide bonds. The fraction of sp³-hybridized carbons (Fsp3) is 0.385. The van der Waals surface area contributed by atoms with E-state index in [-0.39, 0.29) is 17.8 Å². The molecule has 1 aromatic carbocycles. The zero-order valence-electron chi connectivity index (χ0n) is 10.7. The van der Waals surface area contributed by atoms with Crippen LogP contribution >= 0.6 is 0 Å². The summed E-state index contributed by atoms with van der Waals surface area (Å²) in [7, 11) is 0. The summed E-state index contributed by atoms with van der Waals surface area (Å²) < 4.78 is 1.69. The van der Waals surface area contributed by atoms with E-state index >= 15 is 0 Å². The molecule has 0 bridgehead atoms. The molecule has 0 unspecified atom stereocenters. The molecule has 3 rings (SSSR count). The molecule has 0 saturated heterocycles. The van der Waals surface area contributed by atoms with Gasteiger partial charge in [0.15, 0.2) is 5.82 Å². The minimum Gasteiger partial charge on any atom is -0.391 e. The standard InChI is InChI=1S/C13H14N4O3/c18-12-3-1-2-11(12)16-8-14-13(15-16)9-4-6-10(7-5-9)17(19)20/h4-8,11-12,18H,1-3H2/t11-,12-/m0/s1. The van der Waals surface area contributed by atoms with Gasteiger partial charge in [0.25, 0.3) is 5.69 Å². The SMILES string of the molecule is O=[N+]([O-])c1ccc(-c2ncn([C@H]3CCC[C@@H]3O)n2)cc1. The minimum atomic E-state index is -0.440. The fourth-order valence-electron chi connectivity index (χ4n) is 2.53. The van der Waals surface area contributed by atoms with Gasteiger partial charge in [-0.3, -0.25) is 10.1 Å². The molecule has 1 saturated carbocycles. The lowest BCUT2D eigenvalue weighted by Gasteiger charge is -2.13. The Morgan fingerprint density at radius 1 is 1.30 bits per heavy atom. The zero-order valence-corrected chi connectivity index (χ0v) is 10.7. The molecular formula is C13H14N4O3. The summed E-state index contributed by atoms with van der Waals surface area (Å²) in [4.78, 5) is 14.4. The van der Waals surface area contributed by atoms with Crippen LogP contribution in [0.3, 0.4) is 0 Å². The summed E-state index contributed by atoms with van der Waals surface area (Å²) in [5, 5.41) is 24.8. The Hall–Kier alpha value is -2.28. The van der Waals surface area contributed by atoms with E-state index in [1.165, 1.54) is 12.1 Å². The quantitative estimate of drug-likeness (QED) is 0.681. The summed E-state index contributed by atoms with van der Waals surface area (Å²) in [6, 6.07) is 6.10. The minimum absolute atomic E-state index is 0.0192. The number of nitro groups is 1. The van der Waals surface area contributed by atoms with Crippen LogP contribution < -0.4 is 0 Å². The van der Waals surface area contributed by atoms with Crippen molar-refractivity contribution in [3.8, 4) is 11.4 Å². The highest BCUT2D eigenvalue weighted by Gasteiger charge is 2.27. The van der Waals surface area contributed by atoms with Crippen LogP contribution in [0.25, 0.3) is 11.4 Å². The first-order valence-corrected chi connectivity index (χ1v) is 6.49. The van der Waals surface area contributed by atoms with E-state index in [1.54, 1.807) is 23.1 Å². The van der Waals surface area contributed by atoms with Crippen LogP contribution in [0.4, 0.5) is 5.69 Å². The second-order valence-corrected chi connectivity index (χ2v) is 4.92. The smallest absolute Gasteiger partial charge is 0.269 e. The van der Waals surface area contributed by atoms with Crippen molar-refractivity contribution in [1.82, 2.24) is 14.8 Å². The van der Waals surface area contributed by atoms with Gasteiger partial charge in [-0.05, 0) is 31.4 Å². The molecule has 7 heteroatoms. The van der Waals surface area contributed by atoms with Crippen molar-refractivity contribution in [2.75, 3.05) is 0 Å². The van der Waals surface area contributed by atoms with Crippen LogP contribution in [-0.2, 0) is 0 Å². The third-order valence-electron chi connectivity index (χ3n) is 3.63. The second-order valence-electron chi connectivity index (χ2n) is 4.92. The van der Waals surface area contributed by atoms with E-state index in [4.69, 9.17) is 0 Å². The number of hydrogen-bond donors (Lipinski definition) is 1. The van der Waals surface area contributed by atoms with Crippen LogP contribution in [0.5, 0.6) is 0 Å².